The topological polar surface area (TPSA) is 192 Å². The van der Waals surface area contributed by atoms with Crippen LogP contribution >= 0.6 is 7.82 Å². The summed E-state index contributed by atoms with van der Waals surface area (Å²) < 4.78 is 34.1. The third-order valence-electron chi connectivity index (χ3n) is 10.5. The van der Waals surface area contributed by atoms with Crippen LogP contribution in [0.5, 0.6) is 0 Å². The number of hydrogen-bond donors (Lipinski definition) is 6. The van der Waals surface area contributed by atoms with Crippen molar-refractivity contribution in [2.75, 3.05) is 19.8 Å². The Morgan fingerprint density at radius 2 is 1.00 bits per heavy atom. The van der Waals surface area contributed by atoms with Crippen molar-refractivity contribution in [2.45, 2.75) is 217 Å². The standard InChI is InChI=1S/C46H83O12P/c1-3-5-7-9-11-13-15-16-17-18-19-20-21-22-23-24-25-26-28-30-32-34-36-55-37-39(57-40(47)35-33-31-29-27-14-12-10-8-6-4-2)38-56-59(53,54)58-46-44(51)42(49)41(48)43(50)45(46)52/h5,7,11,13,16-17,19-20,39,41-46,48-52H,3-4,6,8-10,12,14-15,18,21-38H2,1-2H3,(H,53,54)/b7-5-,13-11-,17-16-,20-19-. The van der Waals surface area contributed by atoms with Crippen LogP contribution in [0.2, 0.25) is 0 Å². The second kappa shape index (κ2) is 36.9. The lowest BCUT2D eigenvalue weighted by molar-refractivity contribution is -0.220. The summed E-state index contributed by atoms with van der Waals surface area (Å²) in [5, 5.41) is 50.1. The van der Waals surface area contributed by atoms with E-state index in [4.69, 9.17) is 18.5 Å². The van der Waals surface area contributed by atoms with Gasteiger partial charge in [-0.05, 0) is 51.4 Å². The highest BCUT2D eigenvalue weighted by Crippen LogP contribution is 2.47. The molecule has 13 heteroatoms. The van der Waals surface area contributed by atoms with Gasteiger partial charge in [0.1, 0.15) is 42.7 Å². The Morgan fingerprint density at radius 1 is 0.559 bits per heavy atom. The molecule has 0 amide bonds. The van der Waals surface area contributed by atoms with Crippen molar-refractivity contribution in [3.63, 3.8) is 0 Å². The van der Waals surface area contributed by atoms with Crippen molar-refractivity contribution in [2.24, 2.45) is 0 Å². The van der Waals surface area contributed by atoms with Crippen molar-refractivity contribution >= 4 is 13.8 Å². The summed E-state index contributed by atoms with van der Waals surface area (Å²) in [5.41, 5.74) is 0. The van der Waals surface area contributed by atoms with Crippen molar-refractivity contribution in [3.05, 3.63) is 48.6 Å². The van der Waals surface area contributed by atoms with E-state index in [0.717, 1.165) is 77.0 Å². The lowest BCUT2D eigenvalue weighted by atomic mass is 9.85. The average molecular weight is 859 g/mol. The van der Waals surface area contributed by atoms with E-state index in [1.54, 1.807) is 0 Å². The molecule has 0 heterocycles. The van der Waals surface area contributed by atoms with Gasteiger partial charge in [-0.25, -0.2) is 4.57 Å². The van der Waals surface area contributed by atoms with Gasteiger partial charge < -0.3 is 39.9 Å². The summed E-state index contributed by atoms with van der Waals surface area (Å²) in [6.45, 7) is 4.11. The van der Waals surface area contributed by atoms with Gasteiger partial charge in [0.05, 0.1) is 13.2 Å². The number of esters is 1. The number of carbonyl (C=O) groups is 1. The van der Waals surface area contributed by atoms with E-state index in [0.29, 0.717) is 13.0 Å². The lowest BCUT2D eigenvalue weighted by Crippen LogP contribution is -2.64. The van der Waals surface area contributed by atoms with Crippen LogP contribution in [0.3, 0.4) is 0 Å². The molecule has 0 aromatic heterocycles. The van der Waals surface area contributed by atoms with E-state index in [9.17, 15) is 39.8 Å². The molecule has 0 aliphatic heterocycles. The Bertz CT molecular complexity index is 1160. The average Bonchev–Trinajstić information content (AvgIpc) is 3.22. The molecular formula is C46H83O12P. The highest BCUT2D eigenvalue weighted by molar-refractivity contribution is 7.47. The fraction of sp³-hybridized carbons (Fsp3) is 0.804. The predicted octanol–water partition coefficient (Wildman–Crippen LogP) is 9.25. The maximum absolute atomic E-state index is 12.8. The molecule has 12 nitrogen and oxygen atoms in total. The Balaban J connectivity index is 2.34. The molecule has 0 aromatic rings. The smallest absolute Gasteiger partial charge is 0.457 e. The number of unbranched alkanes of at least 4 members (excludes halogenated alkanes) is 18. The minimum absolute atomic E-state index is 0.0804. The van der Waals surface area contributed by atoms with E-state index in [2.05, 4.69) is 62.5 Å². The molecule has 1 aliphatic rings. The molecule has 0 bridgehead atoms. The van der Waals surface area contributed by atoms with E-state index in [1.807, 2.05) is 0 Å². The summed E-state index contributed by atoms with van der Waals surface area (Å²) in [4.78, 5) is 23.1. The van der Waals surface area contributed by atoms with E-state index in [-0.39, 0.29) is 13.0 Å². The molecule has 1 fully saturated rings. The van der Waals surface area contributed by atoms with Gasteiger partial charge in [0.15, 0.2) is 0 Å². The number of carbonyl (C=O) groups excluding carboxylic acids is 1. The first-order valence-corrected chi connectivity index (χ1v) is 24.5. The van der Waals surface area contributed by atoms with Crippen molar-refractivity contribution in [3.8, 4) is 0 Å². The first kappa shape index (κ1) is 55.3. The molecule has 0 saturated heterocycles. The molecule has 1 aliphatic carbocycles. The number of aliphatic hydroxyl groups excluding tert-OH is 5. The first-order chi connectivity index (χ1) is 28.5. The molecule has 0 aromatic carbocycles. The summed E-state index contributed by atoms with van der Waals surface area (Å²) in [6.07, 6.45) is 31.9. The van der Waals surface area contributed by atoms with Crippen molar-refractivity contribution < 1.29 is 58.3 Å². The van der Waals surface area contributed by atoms with Gasteiger partial charge >= 0.3 is 13.8 Å². The Labute approximate surface area is 356 Å². The van der Waals surface area contributed by atoms with Crippen LogP contribution in [0.15, 0.2) is 48.6 Å². The number of ether oxygens (including phenoxy) is 2. The molecule has 6 unspecified atom stereocenters. The van der Waals surface area contributed by atoms with Gasteiger partial charge in [-0.1, -0.05) is 165 Å². The van der Waals surface area contributed by atoms with Crippen molar-refractivity contribution in [1.29, 1.82) is 0 Å². The maximum Gasteiger partial charge on any atom is 0.472 e. The summed E-state index contributed by atoms with van der Waals surface area (Å²) >= 11 is 0. The molecule has 0 radical (unpaired) electrons. The number of hydrogen-bond acceptors (Lipinski definition) is 11. The summed E-state index contributed by atoms with van der Waals surface area (Å²) in [7, 11) is -5.01. The molecule has 59 heavy (non-hydrogen) atoms. The third-order valence-corrected chi connectivity index (χ3v) is 11.5. The normalized spacial score (nSPS) is 22.9. The van der Waals surface area contributed by atoms with Crippen LogP contribution in [0.4, 0.5) is 0 Å². The zero-order chi connectivity index (χ0) is 43.4. The molecular weight excluding hydrogens is 775 g/mol. The van der Waals surface area contributed by atoms with Gasteiger partial charge in [0, 0.05) is 13.0 Å². The number of phosphoric ester groups is 1. The molecule has 1 rings (SSSR count). The van der Waals surface area contributed by atoms with Crippen LogP contribution in [0, 0.1) is 0 Å². The monoisotopic (exact) mass is 859 g/mol. The van der Waals surface area contributed by atoms with Crippen LogP contribution in [0.1, 0.15) is 174 Å². The minimum Gasteiger partial charge on any atom is -0.457 e. The van der Waals surface area contributed by atoms with Gasteiger partial charge in [-0.3, -0.25) is 13.8 Å². The molecule has 344 valence electrons. The zero-order valence-electron chi connectivity index (χ0n) is 36.5. The van der Waals surface area contributed by atoms with Gasteiger partial charge in [-0.2, -0.15) is 0 Å². The van der Waals surface area contributed by atoms with Crippen LogP contribution < -0.4 is 0 Å². The van der Waals surface area contributed by atoms with Crippen LogP contribution in [-0.4, -0.2) is 98.9 Å². The van der Waals surface area contributed by atoms with Crippen LogP contribution in [0.25, 0.3) is 0 Å². The van der Waals surface area contributed by atoms with Gasteiger partial charge in [0.25, 0.3) is 0 Å². The second-order valence-electron chi connectivity index (χ2n) is 15.9. The minimum atomic E-state index is -5.01. The number of rotatable bonds is 38. The van der Waals surface area contributed by atoms with E-state index in [1.165, 1.54) is 70.6 Å². The fourth-order valence-electron chi connectivity index (χ4n) is 6.82. The second-order valence-corrected chi connectivity index (χ2v) is 17.3. The zero-order valence-corrected chi connectivity index (χ0v) is 37.4. The Hall–Kier alpha value is -1.70. The van der Waals surface area contributed by atoms with Crippen molar-refractivity contribution in [1.82, 2.24) is 0 Å². The number of aliphatic hydroxyl groups is 5. The third kappa shape index (κ3) is 29.3. The highest BCUT2D eigenvalue weighted by Gasteiger charge is 2.51. The SMILES string of the molecule is CC/C=C\C/C=C\C/C=C\C/C=C\CCCCCCCCCCCOCC(COP(=O)(O)OC1C(O)C(O)C(O)C(O)C1O)OC(=O)CCCCCCCCCCCC. The largest absolute Gasteiger partial charge is 0.472 e. The first-order valence-electron chi connectivity index (χ1n) is 23.0. The van der Waals surface area contributed by atoms with Gasteiger partial charge in [0.2, 0.25) is 0 Å². The Kier molecular flexibility index (Phi) is 34.6. The Morgan fingerprint density at radius 3 is 1.53 bits per heavy atom. The number of allylic oxidation sites excluding steroid dienone is 8. The highest BCUT2D eigenvalue weighted by atomic mass is 31.2. The molecule has 6 atom stereocenters. The molecule has 0 spiro atoms. The predicted molar refractivity (Wildman–Crippen MR) is 235 cm³/mol. The fourth-order valence-corrected chi connectivity index (χ4v) is 7.79. The summed E-state index contributed by atoms with van der Waals surface area (Å²) in [5.74, 6) is -0.483. The maximum atomic E-state index is 12.8. The quantitative estimate of drug-likeness (QED) is 0.0150. The molecule has 6 N–H and O–H groups in total. The summed E-state index contributed by atoms with van der Waals surface area (Å²) in [6, 6.07) is 0. The lowest BCUT2D eigenvalue weighted by Gasteiger charge is -2.41. The number of phosphoric acid groups is 1. The van der Waals surface area contributed by atoms with Gasteiger partial charge in [-0.15, -0.1) is 0 Å². The van der Waals surface area contributed by atoms with Crippen LogP contribution in [-0.2, 0) is 27.9 Å². The van der Waals surface area contributed by atoms with E-state index < -0.39 is 63.1 Å². The molecule has 1 saturated carbocycles. The van der Waals surface area contributed by atoms with E-state index >= 15 is 0 Å².